The van der Waals surface area contributed by atoms with Crippen LogP contribution in [0.1, 0.15) is 32.6 Å². The smallest absolute Gasteiger partial charge is 0.320 e. The standard InChI is InChI=1S/C12H23N3O/c1-10-4-7-14(8-5-10)12(16)15-6-2-3-11(13)9-15/h10-11H,2-9,13H2,1H3/t11-/m1/s1. The fourth-order valence-electron chi connectivity index (χ4n) is 2.58. The Morgan fingerprint density at radius 1 is 1.12 bits per heavy atom. The van der Waals surface area contributed by atoms with Gasteiger partial charge in [-0.25, -0.2) is 4.79 Å². The van der Waals surface area contributed by atoms with Gasteiger partial charge in [0.05, 0.1) is 0 Å². The molecule has 0 aliphatic carbocycles. The molecule has 16 heavy (non-hydrogen) atoms. The number of nitrogens with two attached hydrogens (primary N) is 1. The van der Waals surface area contributed by atoms with E-state index in [9.17, 15) is 4.79 Å². The van der Waals surface area contributed by atoms with Crippen molar-refractivity contribution in [3.63, 3.8) is 0 Å². The summed E-state index contributed by atoms with van der Waals surface area (Å²) >= 11 is 0. The highest BCUT2D eigenvalue weighted by Crippen LogP contribution is 2.18. The van der Waals surface area contributed by atoms with Gasteiger partial charge in [0.25, 0.3) is 0 Å². The van der Waals surface area contributed by atoms with Gasteiger partial charge in [-0.15, -0.1) is 0 Å². The second-order valence-corrected chi connectivity index (χ2v) is 5.30. The second kappa shape index (κ2) is 5.04. The molecular formula is C12H23N3O. The summed E-state index contributed by atoms with van der Waals surface area (Å²) in [5, 5.41) is 0. The molecule has 2 heterocycles. The van der Waals surface area contributed by atoms with E-state index in [0.717, 1.165) is 57.8 Å². The summed E-state index contributed by atoms with van der Waals surface area (Å²) in [7, 11) is 0. The SMILES string of the molecule is CC1CCN(C(=O)N2CCC[C@@H](N)C2)CC1. The molecule has 1 atom stereocenters. The number of carbonyl (C=O) groups is 1. The van der Waals surface area contributed by atoms with Gasteiger partial charge < -0.3 is 15.5 Å². The number of hydrogen-bond acceptors (Lipinski definition) is 2. The van der Waals surface area contributed by atoms with Crippen LogP contribution in [0.5, 0.6) is 0 Å². The third-order valence-corrected chi connectivity index (χ3v) is 3.78. The van der Waals surface area contributed by atoms with Gasteiger partial charge in [0, 0.05) is 32.2 Å². The Morgan fingerprint density at radius 2 is 1.81 bits per heavy atom. The molecule has 0 bridgehead atoms. The minimum absolute atomic E-state index is 0.182. The Morgan fingerprint density at radius 3 is 2.44 bits per heavy atom. The topological polar surface area (TPSA) is 49.6 Å². The largest absolute Gasteiger partial charge is 0.326 e. The summed E-state index contributed by atoms with van der Waals surface area (Å²) in [6.07, 6.45) is 4.40. The predicted octanol–water partition coefficient (Wildman–Crippen LogP) is 1.26. The molecule has 2 aliphatic heterocycles. The molecule has 0 aromatic rings. The summed E-state index contributed by atoms with van der Waals surface area (Å²) in [6.45, 7) is 5.74. The molecule has 2 N–H and O–H groups in total. The average Bonchev–Trinajstić information content (AvgIpc) is 2.29. The first-order chi connectivity index (χ1) is 7.66. The first-order valence-corrected chi connectivity index (χ1v) is 6.46. The monoisotopic (exact) mass is 225 g/mol. The highest BCUT2D eigenvalue weighted by Gasteiger charge is 2.27. The van der Waals surface area contributed by atoms with Crippen LogP contribution in [0.2, 0.25) is 0 Å². The van der Waals surface area contributed by atoms with Crippen molar-refractivity contribution in [2.75, 3.05) is 26.2 Å². The minimum atomic E-state index is 0.182. The van der Waals surface area contributed by atoms with Gasteiger partial charge in [0.15, 0.2) is 0 Å². The molecule has 2 fully saturated rings. The molecule has 0 radical (unpaired) electrons. The number of rotatable bonds is 0. The Labute approximate surface area is 97.8 Å². The van der Waals surface area contributed by atoms with Gasteiger partial charge in [0.1, 0.15) is 0 Å². The number of amides is 2. The molecule has 0 spiro atoms. The van der Waals surface area contributed by atoms with E-state index in [1.165, 1.54) is 0 Å². The fourth-order valence-corrected chi connectivity index (χ4v) is 2.58. The third kappa shape index (κ3) is 2.67. The molecule has 0 aromatic heterocycles. The van der Waals surface area contributed by atoms with Crippen LogP contribution in [-0.2, 0) is 0 Å². The number of piperidine rings is 2. The Hall–Kier alpha value is -0.770. The van der Waals surface area contributed by atoms with E-state index in [1.54, 1.807) is 0 Å². The third-order valence-electron chi connectivity index (χ3n) is 3.78. The Bertz CT molecular complexity index is 249. The maximum Gasteiger partial charge on any atom is 0.320 e. The summed E-state index contributed by atoms with van der Waals surface area (Å²) in [5.74, 6) is 0.771. The van der Waals surface area contributed by atoms with Crippen LogP contribution in [-0.4, -0.2) is 48.1 Å². The van der Waals surface area contributed by atoms with E-state index < -0.39 is 0 Å². The number of urea groups is 1. The van der Waals surface area contributed by atoms with Crippen LogP contribution in [0.4, 0.5) is 4.79 Å². The van der Waals surface area contributed by atoms with Crippen LogP contribution < -0.4 is 5.73 Å². The lowest BCUT2D eigenvalue weighted by molar-refractivity contribution is 0.123. The van der Waals surface area contributed by atoms with Crippen LogP contribution >= 0.6 is 0 Å². The van der Waals surface area contributed by atoms with Crippen LogP contribution in [0.25, 0.3) is 0 Å². The molecule has 2 amide bonds. The predicted molar refractivity (Wildman–Crippen MR) is 64.1 cm³/mol. The maximum atomic E-state index is 12.2. The molecule has 2 saturated heterocycles. The number of likely N-dealkylation sites (tertiary alicyclic amines) is 2. The Balaban J connectivity index is 1.86. The fraction of sp³-hybridized carbons (Fsp3) is 0.917. The maximum absolute atomic E-state index is 12.2. The van der Waals surface area contributed by atoms with Gasteiger partial charge in [-0.2, -0.15) is 0 Å². The molecule has 4 nitrogen and oxygen atoms in total. The van der Waals surface area contributed by atoms with Crippen molar-refractivity contribution < 1.29 is 4.79 Å². The number of hydrogen-bond donors (Lipinski definition) is 1. The van der Waals surface area contributed by atoms with Gasteiger partial charge in [-0.3, -0.25) is 0 Å². The molecule has 4 heteroatoms. The van der Waals surface area contributed by atoms with Gasteiger partial charge >= 0.3 is 6.03 Å². The summed E-state index contributed by atoms with van der Waals surface area (Å²) < 4.78 is 0. The highest BCUT2D eigenvalue weighted by molar-refractivity contribution is 5.74. The van der Waals surface area contributed by atoms with Crippen molar-refractivity contribution in [1.82, 2.24) is 9.80 Å². The zero-order valence-corrected chi connectivity index (χ0v) is 10.2. The van der Waals surface area contributed by atoms with Crippen molar-refractivity contribution in [2.24, 2.45) is 11.7 Å². The lowest BCUT2D eigenvalue weighted by Crippen LogP contribution is -2.52. The zero-order chi connectivity index (χ0) is 11.5. The highest BCUT2D eigenvalue weighted by atomic mass is 16.2. The summed E-state index contributed by atoms with van der Waals surface area (Å²) in [6, 6.07) is 0.392. The summed E-state index contributed by atoms with van der Waals surface area (Å²) in [4.78, 5) is 16.1. The van der Waals surface area contributed by atoms with E-state index in [2.05, 4.69) is 6.92 Å². The van der Waals surface area contributed by atoms with Crippen LogP contribution in [0.15, 0.2) is 0 Å². The van der Waals surface area contributed by atoms with E-state index >= 15 is 0 Å². The lowest BCUT2D eigenvalue weighted by Gasteiger charge is -2.37. The molecule has 2 aliphatic rings. The second-order valence-electron chi connectivity index (χ2n) is 5.30. The van der Waals surface area contributed by atoms with E-state index in [0.29, 0.717) is 0 Å². The Kier molecular flexibility index (Phi) is 3.69. The van der Waals surface area contributed by atoms with Crippen LogP contribution in [0, 0.1) is 5.92 Å². The number of nitrogens with zero attached hydrogens (tertiary/aromatic N) is 2. The quantitative estimate of drug-likeness (QED) is 0.675. The van der Waals surface area contributed by atoms with E-state index in [1.807, 2.05) is 9.80 Å². The summed E-state index contributed by atoms with van der Waals surface area (Å²) in [5.41, 5.74) is 5.90. The van der Waals surface area contributed by atoms with E-state index in [4.69, 9.17) is 5.73 Å². The molecule has 92 valence electrons. The van der Waals surface area contributed by atoms with Crippen molar-refractivity contribution in [1.29, 1.82) is 0 Å². The molecule has 2 rings (SSSR count). The number of carbonyl (C=O) groups excluding carboxylic acids is 1. The first kappa shape index (κ1) is 11.7. The average molecular weight is 225 g/mol. The van der Waals surface area contributed by atoms with Crippen molar-refractivity contribution in [3.05, 3.63) is 0 Å². The van der Waals surface area contributed by atoms with Crippen molar-refractivity contribution >= 4 is 6.03 Å². The molecule has 0 unspecified atom stereocenters. The molecular weight excluding hydrogens is 202 g/mol. The van der Waals surface area contributed by atoms with Crippen LogP contribution in [0.3, 0.4) is 0 Å². The van der Waals surface area contributed by atoms with Crippen molar-refractivity contribution in [3.8, 4) is 0 Å². The van der Waals surface area contributed by atoms with E-state index in [-0.39, 0.29) is 12.1 Å². The normalized spacial score (nSPS) is 28.2. The van der Waals surface area contributed by atoms with Gasteiger partial charge in [-0.05, 0) is 31.6 Å². The minimum Gasteiger partial charge on any atom is -0.326 e. The lowest BCUT2D eigenvalue weighted by atomic mass is 9.99. The molecule has 0 saturated carbocycles. The zero-order valence-electron chi connectivity index (χ0n) is 10.2. The van der Waals surface area contributed by atoms with Gasteiger partial charge in [-0.1, -0.05) is 6.92 Å². The molecule has 0 aromatic carbocycles. The van der Waals surface area contributed by atoms with Crippen molar-refractivity contribution in [2.45, 2.75) is 38.6 Å². The first-order valence-electron chi connectivity index (χ1n) is 6.46. The van der Waals surface area contributed by atoms with Gasteiger partial charge in [0.2, 0.25) is 0 Å².